The summed E-state index contributed by atoms with van der Waals surface area (Å²) < 4.78 is 10.9. The van der Waals surface area contributed by atoms with Gasteiger partial charge < -0.3 is 0 Å². The molecule has 0 amide bonds. The molecule has 0 aliphatic carbocycles. The lowest BCUT2D eigenvalue weighted by Crippen LogP contribution is -1.90. The highest BCUT2D eigenvalue weighted by molar-refractivity contribution is 7.26. The molecule has 0 spiro atoms. The number of hydrogen-bond donors (Lipinski definition) is 0. The third-order valence-electron chi connectivity index (χ3n) is 5.22. The number of fused-ring (bicyclic) bond motifs is 3. The van der Waals surface area contributed by atoms with Crippen LogP contribution in [0, 0.1) is 0 Å². The lowest BCUT2D eigenvalue weighted by Gasteiger charge is -2.08. The van der Waals surface area contributed by atoms with E-state index in [2.05, 4.69) is 71.7 Å². The molecular formula is C26H21NS. The lowest BCUT2D eigenvalue weighted by molar-refractivity contribution is 0.864. The minimum absolute atomic E-state index is 0.643. The molecule has 1 nitrogen and oxygen atoms in total. The molecule has 136 valence electrons. The van der Waals surface area contributed by atoms with Crippen molar-refractivity contribution in [2.45, 2.75) is 19.7 Å². The Bertz CT molecular complexity index is 1330. The summed E-state index contributed by atoms with van der Waals surface area (Å²) in [5, 5.41) is 2.54. The van der Waals surface area contributed by atoms with Crippen molar-refractivity contribution in [3.8, 4) is 22.4 Å². The van der Waals surface area contributed by atoms with Gasteiger partial charge in [0.2, 0.25) is 0 Å². The van der Waals surface area contributed by atoms with E-state index in [1.807, 2.05) is 43.5 Å². The molecule has 5 rings (SSSR count). The second-order valence-electron chi connectivity index (χ2n) is 7.29. The van der Waals surface area contributed by atoms with Gasteiger partial charge in [-0.05, 0) is 46.8 Å². The molecule has 0 unspecified atom stereocenters. The van der Waals surface area contributed by atoms with Crippen molar-refractivity contribution in [3.63, 3.8) is 0 Å². The second-order valence-corrected chi connectivity index (χ2v) is 8.34. The van der Waals surface area contributed by atoms with Crippen LogP contribution in [-0.4, -0.2) is 4.98 Å². The van der Waals surface area contributed by atoms with E-state index in [-0.39, 0.29) is 0 Å². The number of thiophene rings is 1. The van der Waals surface area contributed by atoms with Gasteiger partial charge in [0.1, 0.15) is 0 Å². The van der Waals surface area contributed by atoms with E-state index in [0.717, 1.165) is 16.8 Å². The fraction of sp³-hybridized carbons (Fsp3) is 0.115. The summed E-state index contributed by atoms with van der Waals surface area (Å²) in [6.07, 6.45) is 1.82. The van der Waals surface area contributed by atoms with Crippen LogP contribution in [-0.2, 0) is 0 Å². The Balaban J connectivity index is 1.71. The maximum absolute atomic E-state index is 8.36. The number of rotatable bonds is 3. The van der Waals surface area contributed by atoms with Gasteiger partial charge in [-0.1, -0.05) is 68.4 Å². The van der Waals surface area contributed by atoms with Crippen LogP contribution in [0.4, 0.5) is 0 Å². The minimum Gasteiger partial charge on any atom is -0.256 e. The Labute approximate surface area is 170 Å². The van der Waals surface area contributed by atoms with E-state index in [0.29, 0.717) is 0 Å². The Hall–Kier alpha value is -2.97. The van der Waals surface area contributed by atoms with Gasteiger partial charge in [0.15, 0.2) is 0 Å². The highest BCUT2D eigenvalue weighted by atomic mass is 32.1. The summed E-state index contributed by atoms with van der Waals surface area (Å²) in [6, 6.07) is 27.7. The predicted molar refractivity (Wildman–Crippen MR) is 122 cm³/mol. The van der Waals surface area contributed by atoms with Gasteiger partial charge in [0.05, 0.1) is 5.69 Å². The minimum atomic E-state index is -0.643. The fourth-order valence-electron chi connectivity index (χ4n) is 3.70. The zero-order valence-corrected chi connectivity index (χ0v) is 16.8. The number of nitrogens with zero attached hydrogens (tertiary/aromatic N) is 1. The van der Waals surface area contributed by atoms with Crippen LogP contribution in [0.5, 0.6) is 0 Å². The molecule has 0 atom stereocenters. The number of aromatic nitrogens is 1. The molecule has 0 radical (unpaired) electrons. The van der Waals surface area contributed by atoms with Crippen molar-refractivity contribution in [2.24, 2.45) is 0 Å². The Morgan fingerprint density at radius 3 is 2.50 bits per heavy atom. The number of pyridine rings is 1. The summed E-state index contributed by atoms with van der Waals surface area (Å²) in [4.78, 5) is 4.63. The molecule has 0 N–H and O–H groups in total. The predicted octanol–water partition coefficient (Wildman–Crippen LogP) is 7.91. The maximum atomic E-state index is 8.36. The molecule has 0 saturated heterocycles. The first-order valence-electron chi connectivity index (χ1n) is 9.98. The molecule has 0 bridgehead atoms. The quantitative estimate of drug-likeness (QED) is 0.310. The van der Waals surface area contributed by atoms with Gasteiger partial charge in [-0.3, -0.25) is 4.98 Å². The first kappa shape index (κ1) is 16.0. The van der Waals surface area contributed by atoms with Crippen molar-refractivity contribution in [1.82, 2.24) is 4.98 Å². The lowest BCUT2D eigenvalue weighted by atomic mass is 9.99. The molecule has 28 heavy (non-hydrogen) atoms. The van der Waals surface area contributed by atoms with Gasteiger partial charge in [-0.2, -0.15) is 0 Å². The van der Waals surface area contributed by atoms with Crippen molar-refractivity contribution in [2.75, 3.05) is 0 Å². The van der Waals surface area contributed by atoms with E-state index in [9.17, 15) is 0 Å². The third-order valence-corrected chi connectivity index (χ3v) is 6.44. The summed E-state index contributed by atoms with van der Waals surface area (Å²) in [7, 11) is 0. The van der Waals surface area contributed by atoms with Crippen LogP contribution in [0.1, 0.15) is 26.7 Å². The molecule has 2 heteroatoms. The van der Waals surface area contributed by atoms with Crippen molar-refractivity contribution in [3.05, 3.63) is 90.6 Å². The number of hydrogen-bond acceptors (Lipinski definition) is 2. The second kappa shape index (κ2) is 6.88. The van der Waals surface area contributed by atoms with Crippen molar-refractivity contribution >= 4 is 31.5 Å². The van der Waals surface area contributed by atoms with Gasteiger partial charge >= 0.3 is 0 Å². The summed E-state index contributed by atoms with van der Waals surface area (Å²) in [5.74, 6) is -0.643. The van der Waals surface area contributed by atoms with Crippen LogP contribution in [0.25, 0.3) is 42.6 Å². The van der Waals surface area contributed by atoms with Gasteiger partial charge in [0.25, 0.3) is 0 Å². The summed E-state index contributed by atoms with van der Waals surface area (Å²) >= 11 is 1.81. The fourth-order valence-corrected chi connectivity index (χ4v) is 4.90. The molecule has 0 fully saturated rings. The van der Waals surface area contributed by atoms with E-state index >= 15 is 0 Å². The van der Waals surface area contributed by atoms with E-state index < -0.39 is 5.89 Å². The monoisotopic (exact) mass is 380 g/mol. The van der Waals surface area contributed by atoms with Crippen LogP contribution < -0.4 is 0 Å². The third kappa shape index (κ3) is 2.90. The number of benzene rings is 3. The molecule has 0 aliphatic rings. The maximum Gasteiger partial charge on any atom is 0.0719 e. The normalized spacial score (nSPS) is 12.4. The highest BCUT2D eigenvalue weighted by Gasteiger charge is 2.13. The van der Waals surface area contributed by atoms with E-state index in [4.69, 9.17) is 1.37 Å². The summed E-state index contributed by atoms with van der Waals surface area (Å²) in [6.45, 7) is 3.83. The summed E-state index contributed by atoms with van der Waals surface area (Å²) in [5.41, 5.74) is 5.52. The molecule has 5 aromatic rings. The SMILES string of the molecule is [2H]C(C)(C)c1ccnc(-c2cccc3c2sc2ccc(-c4ccccc4)cc23)c1. The molecular weight excluding hydrogens is 358 g/mol. The molecule has 2 aromatic heterocycles. The Kier molecular flexibility index (Phi) is 3.94. The first-order valence-corrected chi connectivity index (χ1v) is 10.3. The Morgan fingerprint density at radius 2 is 1.68 bits per heavy atom. The van der Waals surface area contributed by atoms with Gasteiger partial charge in [0, 0.05) is 33.3 Å². The van der Waals surface area contributed by atoms with Crippen LogP contribution >= 0.6 is 11.3 Å². The molecule has 2 heterocycles. The smallest absolute Gasteiger partial charge is 0.0719 e. The zero-order chi connectivity index (χ0) is 20.0. The average molecular weight is 381 g/mol. The van der Waals surface area contributed by atoms with E-state index in [1.165, 1.54) is 31.3 Å². The topological polar surface area (TPSA) is 12.9 Å². The van der Waals surface area contributed by atoms with E-state index in [1.54, 1.807) is 0 Å². The van der Waals surface area contributed by atoms with Crippen LogP contribution in [0.2, 0.25) is 0 Å². The molecule has 0 saturated carbocycles. The van der Waals surface area contributed by atoms with Crippen LogP contribution in [0.15, 0.2) is 85.1 Å². The Morgan fingerprint density at radius 1 is 0.821 bits per heavy atom. The highest BCUT2D eigenvalue weighted by Crippen LogP contribution is 2.41. The molecule has 0 aliphatic heterocycles. The molecule has 3 aromatic carbocycles. The van der Waals surface area contributed by atoms with Gasteiger partial charge in [-0.15, -0.1) is 11.3 Å². The first-order chi connectivity index (χ1) is 14.0. The largest absolute Gasteiger partial charge is 0.256 e. The van der Waals surface area contributed by atoms with Crippen molar-refractivity contribution in [1.29, 1.82) is 0 Å². The van der Waals surface area contributed by atoms with Crippen LogP contribution in [0.3, 0.4) is 0 Å². The standard InChI is InChI=1S/C26H21NS/c1-17(2)19-13-14-27-24(16-19)22-10-6-9-21-23-15-20(18-7-4-3-5-8-18)11-12-25(23)28-26(21)22/h3-17H,1-2H3/i17D. The van der Waals surface area contributed by atoms with Crippen molar-refractivity contribution < 1.29 is 1.37 Å². The zero-order valence-electron chi connectivity index (χ0n) is 16.9. The average Bonchev–Trinajstić information content (AvgIpc) is 3.12. The van der Waals surface area contributed by atoms with Gasteiger partial charge in [-0.25, -0.2) is 0 Å².